The lowest BCUT2D eigenvalue weighted by atomic mass is 10.1. The number of hydrogen-bond acceptors (Lipinski definition) is 4. The van der Waals surface area contributed by atoms with E-state index in [0.717, 1.165) is 12.6 Å². The summed E-state index contributed by atoms with van der Waals surface area (Å²) in [5.74, 6) is 1.21. The Hall–Kier alpha value is -0.740. The Morgan fingerprint density at radius 2 is 2.32 bits per heavy atom. The van der Waals surface area contributed by atoms with Gasteiger partial charge in [-0.1, -0.05) is 0 Å². The van der Waals surface area contributed by atoms with Crippen LogP contribution in [0.25, 0.3) is 0 Å². The molecule has 0 spiro atoms. The monoisotopic (exact) mass is 279 g/mol. The molecule has 1 unspecified atom stereocenters. The van der Waals surface area contributed by atoms with Gasteiger partial charge < -0.3 is 10.2 Å². The fourth-order valence-corrected chi connectivity index (χ4v) is 2.72. The van der Waals surface area contributed by atoms with Gasteiger partial charge in [0.1, 0.15) is 0 Å². The molecule has 0 aromatic carbocycles. The Bertz CT molecular complexity index is 393. The Labute approximate surface area is 121 Å². The van der Waals surface area contributed by atoms with Crippen LogP contribution < -0.4 is 10.2 Å². The van der Waals surface area contributed by atoms with Gasteiger partial charge in [0.05, 0.1) is 11.9 Å². The van der Waals surface area contributed by atoms with E-state index in [4.69, 9.17) is 0 Å². The minimum absolute atomic E-state index is 0.552. The van der Waals surface area contributed by atoms with Gasteiger partial charge in [-0.25, -0.2) is 0 Å². The zero-order valence-corrected chi connectivity index (χ0v) is 13.0. The second kappa shape index (κ2) is 7.15. The lowest BCUT2D eigenvalue weighted by Crippen LogP contribution is -2.31. The zero-order valence-electron chi connectivity index (χ0n) is 12.2. The molecule has 1 atom stereocenters. The summed E-state index contributed by atoms with van der Waals surface area (Å²) in [6, 6.07) is 3.44. The summed E-state index contributed by atoms with van der Waals surface area (Å²) >= 11 is 1.91. The third-order valence-corrected chi connectivity index (χ3v) is 4.47. The van der Waals surface area contributed by atoms with Crippen molar-refractivity contribution in [3.63, 3.8) is 0 Å². The van der Waals surface area contributed by atoms with Crippen LogP contribution in [0.4, 0.5) is 5.69 Å². The molecule has 4 heteroatoms. The third kappa shape index (κ3) is 4.39. The summed E-state index contributed by atoms with van der Waals surface area (Å²) in [6.07, 6.45) is 9.94. The SMILES string of the molecule is CSCCC(C)N(C)c1cnccc1CNC1CC1. The van der Waals surface area contributed by atoms with Crippen LogP contribution in [0.15, 0.2) is 18.5 Å². The number of thioether (sulfide) groups is 1. The van der Waals surface area contributed by atoms with Crippen molar-refractivity contribution in [2.75, 3.05) is 24.0 Å². The van der Waals surface area contributed by atoms with Crippen LogP contribution in [0.1, 0.15) is 31.7 Å². The number of pyridine rings is 1. The van der Waals surface area contributed by atoms with E-state index in [9.17, 15) is 0 Å². The third-order valence-electron chi connectivity index (χ3n) is 3.83. The highest BCUT2D eigenvalue weighted by atomic mass is 32.2. The molecule has 0 saturated heterocycles. The summed E-state index contributed by atoms with van der Waals surface area (Å²) < 4.78 is 0. The molecule has 0 aliphatic heterocycles. The Balaban J connectivity index is 1.99. The molecule has 1 aromatic heterocycles. The average molecular weight is 279 g/mol. The van der Waals surface area contributed by atoms with Crippen molar-refractivity contribution in [1.82, 2.24) is 10.3 Å². The van der Waals surface area contributed by atoms with Crippen LogP contribution in [0.2, 0.25) is 0 Å². The van der Waals surface area contributed by atoms with Gasteiger partial charge in [-0.15, -0.1) is 0 Å². The molecule has 1 saturated carbocycles. The first-order valence-electron chi connectivity index (χ1n) is 7.10. The molecule has 1 fully saturated rings. The summed E-state index contributed by atoms with van der Waals surface area (Å²) in [4.78, 5) is 6.67. The fraction of sp³-hybridized carbons (Fsp3) is 0.667. The van der Waals surface area contributed by atoms with Crippen LogP contribution in [0, 0.1) is 0 Å². The van der Waals surface area contributed by atoms with Crippen molar-refractivity contribution >= 4 is 17.4 Å². The van der Waals surface area contributed by atoms with Gasteiger partial charge in [-0.05, 0) is 49.8 Å². The molecule has 106 valence electrons. The molecule has 0 bridgehead atoms. The van der Waals surface area contributed by atoms with E-state index in [0.29, 0.717) is 6.04 Å². The molecule has 1 aliphatic rings. The van der Waals surface area contributed by atoms with E-state index in [1.165, 1.54) is 36.3 Å². The first kappa shape index (κ1) is 14.7. The highest BCUT2D eigenvalue weighted by molar-refractivity contribution is 7.98. The number of nitrogens with zero attached hydrogens (tertiary/aromatic N) is 2. The first-order valence-corrected chi connectivity index (χ1v) is 8.49. The van der Waals surface area contributed by atoms with Crippen molar-refractivity contribution in [3.8, 4) is 0 Å². The number of rotatable bonds is 8. The number of nitrogens with one attached hydrogen (secondary N) is 1. The van der Waals surface area contributed by atoms with Crippen molar-refractivity contribution in [2.45, 2.75) is 44.8 Å². The zero-order chi connectivity index (χ0) is 13.7. The lowest BCUT2D eigenvalue weighted by molar-refractivity contribution is 0.651. The molecule has 19 heavy (non-hydrogen) atoms. The topological polar surface area (TPSA) is 28.2 Å². The van der Waals surface area contributed by atoms with Crippen LogP contribution >= 0.6 is 11.8 Å². The molecular formula is C15H25N3S. The standard InChI is InChI=1S/C15H25N3S/c1-12(7-9-19-3)18(2)15-11-16-8-6-13(15)10-17-14-4-5-14/h6,8,11-12,14,17H,4-5,7,9-10H2,1-3H3. The fourth-order valence-electron chi connectivity index (χ4n) is 2.14. The van der Waals surface area contributed by atoms with E-state index in [1.54, 1.807) is 0 Å². The maximum absolute atomic E-state index is 4.30. The Kier molecular flexibility index (Phi) is 5.52. The van der Waals surface area contributed by atoms with E-state index in [-0.39, 0.29) is 0 Å². The van der Waals surface area contributed by atoms with Crippen molar-refractivity contribution < 1.29 is 0 Å². The van der Waals surface area contributed by atoms with Gasteiger partial charge in [0.25, 0.3) is 0 Å². The van der Waals surface area contributed by atoms with Crippen LogP contribution in [0.5, 0.6) is 0 Å². The number of anilines is 1. The Morgan fingerprint density at radius 1 is 1.53 bits per heavy atom. The van der Waals surface area contributed by atoms with Crippen LogP contribution in [-0.4, -0.2) is 36.1 Å². The van der Waals surface area contributed by atoms with Gasteiger partial charge in [-0.3, -0.25) is 4.98 Å². The smallest absolute Gasteiger partial charge is 0.0598 e. The molecule has 1 aromatic rings. The highest BCUT2D eigenvalue weighted by Gasteiger charge is 2.21. The highest BCUT2D eigenvalue weighted by Crippen LogP contribution is 2.24. The van der Waals surface area contributed by atoms with Crippen molar-refractivity contribution in [2.24, 2.45) is 0 Å². The molecule has 2 rings (SSSR count). The first-order chi connectivity index (χ1) is 9.22. The summed E-state index contributed by atoms with van der Waals surface area (Å²) in [5, 5.41) is 3.59. The van der Waals surface area contributed by atoms with Gasteiger partial charge in [0, 0.05) is 31.9 Å². The van der Waals surface area contributed by atoms with E-state index < -0.39 is 0 Å². The molecule has 1 heterocycles. The predicted octanol–water partition coefficient (Wildman–Crippen LogP) is 2.91. The van der Waals surface area contributed by atoms with E-state index in [2.05, 4.69) is 41.5 Å². The maximum Gasteiger partial charge on any atom is 0.0598 e. The van der Waals surface area contributed by atoms with E-state index >= 15 is 0 Å². The number of hydrogen-bond donors (Lipinski definition) is 1. The minimum Gasteiger partial charge on any atom is -0.370 e. The molecule has 1 aliphatic carbocycles. The van der Waals surface area contributed by atoms with Gasteiger partial charge in [0.15, 0.2) is 0 Å². The number of aromatic nitrogens is 1. The maximum atomic E-state index is 4.30. The summed E-state index contributed by atoms with van der Waals surface area (Å²) in [5.41, 5.74) is 2.63. The van der Waals surface area contributed by atoms with Crippen molar-refractivity contribution in [3.05, 3.63) is 24.0 Å². The van der Waals surface area contributed by atoms with E-state index in [1.807, 2.05) is 24.2 Å². The lowest BCUT2D eigenvalue weighted by Gasteiger charge is -2.28. The van der Waals surface area contributed by atoms with Crippen LogP contribution in [0.3, 0.4) is 0 Å². The normalized spacial score (nSPS) is 16.4. The second-order valence-electron chi connectivity index (χ2n) is 5.40. The van der Waals surface area contributed by atoms with Gasteiger partial charge in [0.2, 0.25) is 0 Å². The molecule has 3 nitrogen and oxygen atoms in total. The minimum atomic E-state index is 0.552. The quantitative estimate of drug-likeness (QED) is 0.792. The molecule has 0 amide bonds. The Morgan fingerprint density at radius 3 is 3.00 bits per heavy atom. The predicted molar refractivity (Wildman–Crippen MR) is 85.0 cm³/mol. The summed E-state index contributed by atoms with van der Waals surface area (Å²) in [6.45, 7) is 3.25. The van der Waals surface area contributed by atoms with Gasteiger partial charge >= 0.3 is 0 Å². The molecule has 0 radical (unpaired) electrons. The van der Waals surface area contributed by atoms with Crippen LogP contribution in [-0.2, 0) is 6.54 Å². The molecule has 1 N–H and O–H groups in total. The average Bonchev–Trinajstić information content (AvgIpc) is 3.26. The summed E-state index contributed by atoms with van der Waals surface area (Å²) in [7, 11) is 2.18. The largest absolute Gasteiger partial charge is 0.370 e. The molecular weight excluding hydrogens is 254 g/mol. The second-order valence-corrected chi connectivity index (χ2v) is 6.39. The van der Waals surface area contributed by atoms with Gasteiger partial charge in [-0.2, -0.15) is 11.8 Å². The van der Waals surface area contributed by atoms with Crippen molar-refractivity contribution in [1.29, 1.82) is 0 Å².